The second kappa shape index (κ2) is 4.80. The number of ketones is 1. The van der Waals surface area contributed by atoms with Gasteiger partial charge in [0.25, 0.3) is 0 Å². The Morgan fingerprint density at radius 3 is 2.88 bits per heavy atom. The smallest absolute Gasteiger partial charge is 0.221 e. The Morgan fingerprint density at radius 2 is 2.31 bits per heavy atom. The van der Waals surface area contributed by atoms with Crippen molar-refractivity contribution in [3.8, 4) is 0 Å². The standard InChI is InChI=1S/C12H9BrO2S/c1-8-2-5-12(15-8)11(14)4-3-10-6-9(13)7-16-10/h2-7H,1H3/b4-3+. The highest BCUT2D eigenvalue weighted by Gasteiger charge is 2.05. The third kappa shape index (κ3) is 2.71. The van der Waals surface area contributed by atoms with E-state index in [-0.39, 0.29) is 5.78 Å². The van der Waals surface area contributed by atoms with Crippen LogP contribution in [0, 0.1) is 6.92 Å². The van der Waals surface area contributed by atoms with Gasteiger partial charge in [0.2, 0.25) is 5.78 Å². The Labute approximate surface area is 106 Å². The summed E-state index contributed by atoms with van der Waals surface area (Å²) in [7, 11) is 0. The molecule has 0 N–H and O–H groups in total. The predicted octanol–water partition coefficient (Wildman–Crippen LogP) is 4.31. The summed E-state index contributed by atoms with van der Waals surface area (Å²) in [6.45, 7) is 1.82. The first-order chi connectivity index (χ1) is 7.65. The Morgan fingerprint density at radius 1 is 1.50 bits per heavy atom. The predicted molar refractivity (Wildman–Crippen MR) is 68.8 cm³/mol. The molecule has 0 saturated heterocycles. The van der Waals surface area contributed by atoms with Gasteiger partial charge < -0.3 is 4.42 Å². The van der Waals surface area contributed by atoms with Crippen LogP contribution in [0.25, 0.3) is 6.08 Å². The van der Waals surface area contributed by atoms with E-state index >= 15 is 0 Å². The van der Waals surface area contributed by atoms with Crippen molar-refractivity contribution in [2.24, 2.45) is 0 Å². The fraction of sp³-hybridized carbons (Fsp3) is 0.0833. The van der Waals surface area contributed by atoms with E-state index in [1.165, 1.54) is 6.08 Å². The molecule has 4 heteroatoms. The summed E-state index contributed by atoms with van der Waals surface area (Å²) >= 11 is 4.94. The number of hydrogen-bond acceptors (Lipinski definition) is 3. The average molecular weight is 297 g/mol. The number of halogens is 1. The van der Waals surface area contributed by atoms with Gasteiger partial charge in [0.1, 0.15) is 5.76 Å². The number of furan rings is 1. The Hall–Kier alpha value is -1.13. The van der Waals surface area contributed by atoms with Gasteiger partial charge in [0, 0.05) is 14.7 Å². The highest BCUT2D eigenvalue weighted by Crippen LogP contribution is 2.21. The molecule has 82 valence electrons. The van der Waals surface area contributed by atoms with Crippen molar-refractivity contribution in [1.29, 1.82) is 0 Å². The third-order valence-corrected chi connectivity index (χ3v) is 3.63. The van der Waals surface area contributed by atoms with Crippen LogP contribution in [-0.4, -0.2) is 5.78 Å². The van der Waals surface area contributed by atoms with Crippen molar-refractivity contribution >= 4 is 39.1 Å². The van der Waals surface area contributed by atoms with Crippen molar-refractivity contribution in [3.05, 3.63) is 50.5 Å². The normalized spacial score (nSPS) is 11.1. The molecule has 2 rings (SSSR count). The lowest BCUT2D eigenvalue weighted by Gasteiger charge is -1.88. The molecule has 2 heterocycles. The maximum Gasteiger partial charge on any atom is 0.221 e. The summed E-state index contributed by atoms with van der Waals surface area (Å²) in [5, 5.41) is 1.97. The van der Waals surface area contributed by atoms with Gasteiger partial charge in [-0.25, -0.2) is 0 Å². The molecule has 0 radical (unpaired) electrons. The third-order valence-electron chi connectivity index (χ3n) is 1.97. The second-order valence-corrected chi connectivity index (χ2v) is 5.13. The average Bonchev–Trinajstić information content (AvgIpc) is 2.84. The Kier molecular flexibility index (Phi) is 3.41. The van der Waals surface area contributed by atoms with E-state index in [4.69, 9.17) is 4.42 Å². The minimum atomic E-state index is -0.113. The maximum absolute atomic E-state index is 11.7. The van der Waals surface area contributed by atoms with Crippen molar-refractivity contribution < 1.29 is 9.21 Å². The van der Waals surface area contributed by atoms with E-state index in [2.05, 4.69) is 15.9 Å². The van der Waals surface area contributed by atoms with Gasteiger partial charge in [-0.3, -0.25) is 4.79 Å². The van der Waals surface area contributed by atoms with Crippen LogP contribution >= 0.6 is 27.3 Å². The van der Waals surface area contributed by atoms with Gasteiger partial charge in [0.05, 0.1) is 0 Å². The zero-order valence-corrected chi connectivity index (χ0v) is 11.0. The van der Waals surface area contributed by atoms with Crippen LogP contribution < -0.4 is 0 Å². The molecule has 0 amide bonds. The fourth-order valence-corrected chi connectivity index (χ4v) is 2.56. The van der Waals surface area contributed by atoms with Gasteiger partial charge >= 0.3 is 0 Å². The minimum absolute atomic E-state index is 0.113. The van der Waals surface area contributed by atoms with Crippen molar-refractivity contribution in [2.45, 2.75) is 6.92 Å². The molecule has 2 nitrogen and oxygen atoms in total. The van der Waals surface area contributed by atoms with E-state index in [1.54, 1.807) is 29.5 Å². The highest BCUT2D eigenvalue weighted by atomic mass is 79.9. The molecule has 0 aliphatic carbocycles. The molecule has 0 atom stereocenters. The molecule has 0 aromatic carbocycles. The molecule has 0 spiro atoms. The SMILES string of the molecule is Cc1ccc(C(=O)/C=C/c2cc(Br)cs2)o1. The van der Waals surface area contributed by atoms with Crippen molar-refractivity contribution in [3.63, 3.8) is 0 Å². The summed E-state index contributed by atoms with van der Waals surface area (Å²) in [6, 6.07) is 5.43. The number of allylic oxidation sites excluding steroid dienone is 1. The largest absolute Gasteiger partial charge is 0.458 e. The highest BCUT2D eigenvalue weighted by molar-refractivity contribution is 9.10. The maximum atomic E-state index is 11.7. The zero-order valence-electron chi connectivity index (χ0n) is 8.57. The number of hydrogen-bond donors (Lipinski definition) is 0. The summed E-state index contributed by atoms with van der Waals surface area (Å²) in [4.78, 5) is 12.7. The number of rotatable bonds is 3. The minimum Gasteiger partial charge on any atom is -0.458 e. The van der Waals surface area contributed by atoms with E-state index in [9.17, 15) is 4.79 Å². The quantitative estimate of drug-likeness (QED) is 0.624. The Balaban J connectivity index is 2.10. The fourth-order valence-electron chi connectivity index (χ4n) is 1.22. The number of thiophene rings is 1. The van der Waals surface area contributed by atoms with Crippen LogP contribution in [0.5, 0.6) is 0 Å². The van der Waals surface area contributed by atoms with Gasteiger partial charge in [-0.05, 0) is 53.2 Å². The van der Waals surface area contributed by atoms with Crippen LogP contribution in [0.1, 0.15) is 21.2 Å². The number of aryl methyl sites for hydroxylation is 1. The molecular formula is C12H9BrO2S. The number of carbonyl (C=O) groups excluding carboxylic acids is 1. The van der Waals surface area contributed by atoms with Gasteiger partial charge in [-0.2, -0.15) is 0 Å². The lowest BCUT2D eigenvalue weighted by atomic mass is 10.2. The van der Waals surface area contributed by atoms with Crippen LogP contribution in [0.4, 0.5) is 0 Å². The molecule has 2 aromatic heterocycles. The lowest BCUT2D eigenvalue weighted by Crippen LogP contribution is -1.89. The molecule has 0 unspecified atom stereocenters. The summed E-state index contributed by atoms with van der Waals surface area (Å²) in [6.07, 6.45) is 3.31. The van der Waals surface area contributed by atoms with Gasteiger partial charge in [0.15, 0.2) is 5.76 Å². The topological polar surface area (TPSA) is 30.2 Å². The van der Waals surface area contributed by atoms with E-state index in [1.807, 2.05) is 18.4 Å². The first-order valence-electron chi connectivity index (χ1n) is 4.68. The van der Waals surface area contributed by atoms with Crippen molar-refractivity contribution in [2.75, 3.05) is 0 Å². The van der Waals surface area contributed by atoms with Crippen molar-refractivity contribution in [1.82, 2.24) is 0 Å². The molecule has 16 heavy (non-hydrogen) atoms. The van der Waals surface area contributed by atoms with Crippen LogP contribution in [0.2, 0.25) is 0 Å². The van der Waals surface area contributed by atoms with Gasteiger partial charge in [-0.1, -0.05) is 0 Å². The first kappa shape index (κ1) is 11.4. The van der Waals surface area contributed by atoms with E-state index in [0.717, 1.165) is 15.1 Å². The summed E-state index contributed by atoms with van der Waals surface area (Å²) in [5.41, 5.74) is 0. The molecule has 0 bridgehead atoms. The molecule has 2 aromatic rings. The number of carbonyl (C=O) groups is 1. The zero-order chi connectivity index (χ0) is 11.5. The monoisotopic (exact) mass is 296 g/mol. The summed E-state index contributed by atoms with van der Waals surface area (Å²) in [5.74, 6) is 1.01. The van der Waals surface area contributed by atoms with Gasteiger partial charge in [-0.15, -0.1) is 11.3 Å². The summed E-state index contributed by atoms with van der Waals surface area (Å²) < 4.78 is 6.26. The van der Waals surface area contributed by atoms with E-state index < -0.39 is 0 Å². The molecular weight excluding hydrogens is 288 g/mol. The van der Waals surface area contributed by atoms with Crippen LogP contribution in [0.15, 0.2) is 38.5 Å². The first-order valence-corrected chi connectivity index (χ1v) is 6.35. The molecule has 0 saturated carbocycles. The molecule has 0 aliphatic rings. The Bertz CT molecular complexity index is 537. The molecule has 0 fully saturated rings. The van der Waals surface area contributed by atoms with E-state index in [0.29, 0.717) is 5.76 Å². The van der Waals surface area contributed by atoms with Crippen LogP contribution in [0.3, 0.4) is 0 Å². The van der Waals surface area contributed by atoms with Crippen LogP contribution in [-0.2, 0) is 0 Å². The molecule has 0 aliphatic heterocycles. The lowest BCUT2D eigenvalue weighted by molar-refractivity contribution is 0.102. The second-order valence-electron chi connectivity index (χ2n) is 3.28.